The van der Waals surface area contributed by atoms with Gasteiger partial charge in [0.05, 0.1) is 6.54 Å². The Morgan fingerprint density at radius 2 is 2.12 bits per heavy atom. The van der Waals surface area contributed by atoms with Crippen LogP contribution in [0.15, 0.2) is 0 Å². The molecule has 3 fully saturated rings. The Morgan fingerprint density at radius 1 is 1.24 bits per heavy atom. The lowest BCUT2D eigenvalue weighted by Gasteiger charge is -2.28. The number of likely N-dealkylation sites (tertiary alicyclic amines) is 1. The number of rotatable bonds is 4. The number of carbonyl (C=O) groups is 1. The van der Waals surface area contributed by atoms with Crippen molar-refractivity contribution in [2.75, 3.05) is 19.6 Å². The molecule has 2 unspecified atom stereocenters. The van der Waals surface area contributed by atoms with Gasteiger partial charge in [-0.05, 0) is 51.6 Å². The Balaban J connectivity index is 1.51. The van der Waals surface area contributed by atoms with Gasteiger partial charge >= 0.3 is 0 Å². The number of hydrogen-bond donors (Lipinski definition) is 2. The van der Waals surface area contributed by atoms with Gasteiger partial charge in [0, 0.05) is 18.1 Å². The summed E-state index contributed by atoms with van der Waals surface area (Å²) in [6.07, 6.45) is 7.45. The van der Waals surface area contributed by atoms with Crippen LogP contribution in [-0.2, 0) is 4.79 Å². The van der Waals surface area contributed by atoms with E-state index in [2.05, 4.69) is 15.5 Å². The van der Waals surface area contributed by atoms with Crippen LogP contribution in [0.4, 0.5) is 0 Å². The fourth-order valence-corrected chi connectivity index (χ4v) is 3.23. The maximum Gasteiger partial charge on any atom is 0.234 e. The molecule has 2 saturated heterocycles. The highest BCUT2D eigenvalue weighted by atomic mass is 16.2. The second kappa shape index (κ2) is 4.94. The quantitative estimate of drug-likeness (QED) is 0.747. The molecular formula is C13H23N3O. The number of amides is 1. The molecule has 0 spiro atoms. The third-order valence-corrected chi connectivity index (χ3v) is 4.27. The van der Waals surface area contributed by atoms with E-state index in [4.69, 9.17) is 0 Å². The first-order valence-electron chi connectivity index (χ1n) is 7.10. The molecule has 3 rings (SSSR count). The predicted molar refractivity (Wildman–Crippen MR) is 66.8 cm³/mol. The van der Waals surface area contributed by atoms with Gasteiger partial charge < -0.3 is 10.6 Å². The van der Waals surface area contributed by atoms with Gasteiger partial charge in [0.25, 0.3) is 0 Å². The van der Waals surface area contributed by atoms with E-state index in [0.717, 1.165) is 13.1 Å². The minimum absolute atomic E-state index is 0.234. The van der Waals surface area contributed by atoms with E-state index < -0.39 is 0 Å². The van der Waals surface area contributed by atoms with Crippen molar-refractivity contribution >= 4 is 5.91 Å². The molecule has 3 aliphatic rings. The lowest BCUT2D eigenvalue weighted by molar-refractivity contribution is -0.122. The summed E-state index contributed by atoms with van der Waals surface area (Å²) in [5, 5.41) is 6.67. The second-order valence-electron chi connectivity index (χ2n) is 5.72. The second-order valence-corrected chi connectivity index (χ2v) is 5.72. The van der Waals surface area contributed by atoms with Crippen LogP contribution in [0.3, 0.4) is 0 Å². The van der Waals surface area contributed by atoms with E-state index in [0.29, 0.717) is 24.7 Å². The van der Waals surface area contributed by atoms with Crippen molar-refractivity contribution in [2.24, 2.45) is 0 Å². The SMILES string of the molecule is O=C(CN1CCCC1C1CCCN1)NC1CC1. The van der Waals surface area contributed by atoms with Gasteiger partial charge in [-0.2, -0.15) is 0 Å². The maximum absolute atomic E-state index is 11.8. The van der Waals surface area contributed by atoms with E-state index in [1.165, 1.54) is 38.5 Å². The summed E-state index contributed by atoms with van der Waals surface area (Å²) in [6, 6.07) is 1.72. The van der Waals surface area contributed by atoms with Crippen LogP contribution >= 0.6 is 0 Å². The molecule has 4 nitrogen and oxygen atoms in total. The van der Waals surface area contributed by atoms with Crippen molar-refractivity contribution in [3.8, 4) is 0 Å². The summed E-state index contributed by atoms with van der Waals surface area (Å²) in [4.78, 5) is 14.2. The molecule has 4 heteroatoms. The largest absolute Gasteiger partial charge is 0.352 e. The first-order chi connectivity index (χ1) is 8.33. The van der Waals surface area contributed by atoms with Gasteiger partial charge in [-0.1, -0.05) is 0 Å². The normalized spacial score (nSPS) is 34.1. The van der Waals surface area contributed by atoms with Crippen molar-refractivity contribution in [3.63, 3.8) is 0 Å². The first kappa shape index (κ1) is 11.5. The van der Waals surface area contributed by atoms with Gasteiger partial charge in [-0.3, -0.25) is 9.69 Å². The summed E-state index contributed by atoms with van der Waals surface area (Å²) in [5.74, 6) is 0.234. The fraction of sp³-hybridized carbons (Fsp3) is 0.923. The van der Waals surface area contributed by atoms with Crippen LogP contribution in [0.2, 0.25) is 0 Å². The zero-order chi connectivity index (χ0) is 11.7. The molecule has 2 heterocycles. The highest BCUT2D eigenvalue weighted by molar-refractivity contribution is 5.78. The number of hydrogen-bond acceptors (Lipinski definition) is 3. The minimum Gasteiger partial charge on any atom is -0.352 e. The lowest BCUT2D eigenvalue weighted by Crippen LogP contribution is -2.47. The Hall–Kier alpha value is -0.610. The zero-order valence-electron chi connectivity index (χ0n) is 10.5. The van der Waals surface area contributed by atoms with E-state index in [-0.39, 0.29) is 5.91 Å². The topological polar surface area (TPSA) is 44.4 Å². The van der Waals surface area contributed by atoms with Crippen LogP contribution in [0, 0.1) is 0 Å². The van der Waals surface area contributed by atoms with Gasteiger partial charge in [0.1, 0.15) is 0 Å². The Labute approximate surface area is 103 Å². The summed E-state index contributed by atoms with van der Waals surface area (Å²) in [5.41, 5.74) is 0. The zero-order valence-corrected chi connectivity index (χ0v) is 10.5. The molecule has 17 heavy (non-hydrogen) atoms. The molecule has 0 radical (unpaired) electrons. The van der Waals surface area contributed by atoms with Crippen LogP contribution < -0.4 is 10.6 Å². The Kier molecular flexibility index (Phi) is 3.34. The van der Waals surface area contributed by atoms with Crippen LogP contribution in [0.25, 0.3) is 0 Å². The Morgan fingerprint density at radius 3 is 2.82 bits per heavy atom. The van der Waals surface area contributed by atoms with Crippen molar-refractivity contribution < 1.29 is 4.79 Å². The van der Waals surface area contributed by atoms with Crippen molar-refractivity contribution in [1.29, 1.82) is 0 Å². The van der Waals surface area contributed by atoms with Gasteiger partial charge in [0.2, 0.25) is 5.91 Å². The average molecular weight is 237 g/mol. The van der Waals surface area contributed by atoms with E-state index in [9.17, 15) is 4.79 Å². The molecule has 1 saturated carbocycles. The van der Waals surface area contributed by atoms with Gasteiger partial charge in [-0.15, -0.1) is 0 Å². The van der Waals surface area contributed by atoms with Crippen LogP contribution in [0.5, 0.6) is 0 Å². The molecule has 0 aromatic carbocycles. The van der Waals surface area contributed by atoms with E-state index >= 15 is 0 Å². The predicted octanol–water partition coefficient (Wildman–Crippen LogP) is 0.481. The molecule has 1 amide bonds. The molecule has 0 aromatic heterocycles. The highest BCUT2D eigenvalue weighted by Gasteiger charge is 2.34. The van der Waals surface area contributed by atoms with E-state index in [1.807, 2.05) is 0 Å². The third-order valence-electron chi connectivity index (χ3n) is 4.27. The number of nitrogens with one attached hydrogen (secondary N) is 2. The molecular weight excluding hydrogens is 214 g/mol. The molecule has 96 valence electrons. The number of carbonyl (C=O) groups excluding carboxylic acids is 1. The van der Waals surface area contributed by atoms with Crippen molar-refractivity contribution in [2.45, 2.75) is 56.7 Å². The molecule has 1 aliphatic carbocycles. The summed E-state index contributed by atoms with van der Waals surface area (Å²) >= 11 is 0. The Bertz CT molecular complexity index is 284. The van der Waals surface area contributed by atoms with Crippen LogP contribution in [-0.4, -0.2) is 48.6 Å². The lowest BCUT2D eigenvalue weighted by atomic mass is 10.0. The van der Waals surface area contributed by atoms with E-state index in [1.54, 1.807) is 0 Å². The van der Waals surface area contributed by atoms with Gasteiger partial charge in [-0.25, -0.2) is 0 Å². The smallest absolute Gasteiger partial charge is 0.234 e. The standard InChI is InChI=1S/C13H23N3O/c17-13(15-10-5-6-10)9-16-8-2-4-12(16)11-3-1-7-14-11/h10-12,14H,1-9H2,(H,15,17). The summed E-state index contributed by atoms with van der Waals surface area (Å²) in [6.45, 7) is 2.86. The highest BCUT2D eigenvalue weighted by Crippen LogP contribution is 2.24. The monoisotopic (exact) mass is 237 g/mol. The fourth-order valence-electron chi connectivity index (χ4n) is 3.23. The minimum atomic E-state index is 0.234. The van der Waals surface area contributed by atoms with Gasteiger partial charge in [0.15, 0.2) is 0 Å². The van der Waals surface area contributed by atoms with Crippen molar-refractivity contribution in [3.05, 3.63) is 0 Å². The molecule has 0 aromatic rings. The van der Waals surface area contributed by atoms with Crippen molar-refractivity contribution in [1.82, 2.24) is 15.5 Å². The summed E-state index contributed by atoms with van der Waals surface area (Å²) < 4.78 is 0. The van der Waals surface area contributed by atoms with Crippen LogP contribution in [0.1, 0.15) is 38.5 Å². The first-order valence-corrected chi connectivity index (χ1v) is 7.10. The summed E-state index contributed by atoms with van der Waals surface area (Å²) in [7, 11) is 0. The number of nitrogens with zero attached hydrogens (tertiary/aromatic N) is 1. The third kappa shape index (κ3) is 2.80. The molecule has 2 N–H and O–H groups in total. The average Bonchev–Trinajstić information content (AvgIpc) is 2.83. The molecule has 2 atom stereocenters. The maximum atomic E-state index is 11.8. The molecule has 0 bridgehead atoms. The molecule has 2 aliphatic heterocycles.